The lowest BCUT2D eigenvalue weighted by Gasteiger charge is -2.27. The molecule has 2 rings (SSSR count). The summed E-state index contributed by atoms with van der Waals surface area (Å²) in [6.07, 6.45) is 15.2. The molecule has 1 aliphatic heterocycles. The normalized spacial score (nSPS) is 26.9. The molecule has 5 unspecified atom stereocenters. The van der Waals surface area contributed by atoms with Gasteiger partial charge in [0.15, 0.2) is 11.9 Å². The molecule has 0 saturated carbocycles. The minimum absolute atomic E-state index is 0.0162. The fourth-order valence-corrected chi connectivity index (χ4v) is 4.91. The third kappa shape index (κ3) is 13.1. The lowest BCUT2D eigenvalue weighted by atomic mass is 9.85. The van der Waals surface area contributed by atoms with Gasteiger partial charge in [0.2, 0.25) is 0 Å². The summed E-state index contributed by atoms with van der Waals surface area (Å²) >= 11 is 0. The summed E-state index contributed by atoms with van der Waals surface area (Å²) in [6, 6.07) is 0. The summed E-state index contributed by atoms with van der Waals surface area (Å²) in [5, 5.41) is 0. The topological polar surface area (TPSA) is 108 Å². The number of hydrogen-bond donors (Lipinski definition) is 0. The third-order valence-electron chi connectivity index (χ3n) is 7.60. The maximum Gasteiger partial charge on any atom is 0.311 e. The van der Waals surface area contributed by atoms with Crippen molar-refractivity contribution < 1.29 is 33.4 Å². The molecule has 8 heteroatoms. The number of ketones is 1. The van der Waals surface area contributed by atoms with E-state index in [-0.39, 0.29) is 61.5 Å². The highest BCUT2D eigenvalue weighted by Crippen LogP contribution is 2.25. The molecule has 224 valence electrons. The van der Waals surface area contributed by atoms with Crippen LogP contribution in [0.2, 0.25) is 0 Å². The molecule has 8 nitrogen and oxygen atoms in total. The van der Waals surface area contributed by atoms with E-state index in [0.717, 1.165) is 25.7 Å². The van der Waals surface area contributed by atoms with Gasteiger partial charge in [0, 0.05) is 31.0 Å². The van der Waals surface area contributed by atoms with E-state index in [4.69, 9.17) is 14.2 Å². The van der Waals surface area contributed by atoms with Crippen LogP contribution in [-0.2, 0) is 33.4 Å². The molecule has 1 heterocycles. The molecular weight excluding hydrogens is 510 g/mol. The van der Waals surface area contributed by atoms with Gasteiger partial charge in [-0.2, -0.15) is 0 Å². The van der Waals surface area contributed by atoms with Crippen molar-refractivity contribution in [3.8, 4) is 0 Å². The van der Waals surface area contributed by atoms with Gasteiger partial charge in [0.05, 0.1) is 25.6 Å². The van der Waals surface area contributed by atoms with Crippen LogP contribution in [-0.4, -0.2) is 55.8 Å². The van der Waals surface area contributed by atoms with Crippen molar-refractivity contribution in [3.05, 3.63) is 24.3 Å². The van der Waals surface area contributed by atoms with E-state index in [1.54, 1.807) is 13.1 Å². The van der Waals surface area contributed by atoms with Gasteiger partial charge in [-0.25, -0.2) is 0 Å². The van der Waals surface area contributed by atoms with Gasteiger partial charge in [0.1, 0.15) is 0 Å². The number of rotatable bonds is 10. The monoisotopic (exact) mass is 559 g/mol. The Morgan fingerprint density at radius 1 is 1.07 bits per heavy atom. The van der Waals surface area contributed by atoms with E-state index < -0.39 is 18.0 Å². The van der Waals surface area contributed by atoms with Crippen molar-refractivity contribution in [2.45, 2.75) is 98.0 Å². The van der Waals surface area contributed by atoms with Crippen LogP contribution in [0.5, 0.6) is 0 Å². The molecular formula is C32H49NO7. The Morgan fingerprint density at radius 2 is 1.85 bits per heavy atom. The van der Waals surface area contributed by atoms with E-state index in [0.29, 0.717) is 38.1 Å². The van der Waals surface area contributed by atoms with Crippen LogP contribution in [0.1, 0.15) is 91.9 Å². The number of hydrogen-bond acceptors (Lipinski definition) is 8. The van der Waals surface area contributed by atoms with E-state index in [1.165, 1.54) is 0 Å². The Labute approximate surface area is 240 Å². The number of carbonyl (C=O) groups excluding carboxylic acids is 4. The predicted molar refractivity (Wildman–Crippen MR) is 155 cm³/mol. The number of aliphatic imine (C=N–C) groups is 1. The van der Waals surface area contributed by atoms with Crippen LogP contribution in [0.25, 0.3) is 0 Å². The van der Waals surface area contributed by atoms with Gasteiger partial charge < -0.3 is 14.2 Å². The van der Waals surface area contributed by atoms with Crippen LogP contribution in [0.3, 0.4) is 0 Å². The van der Waals surface area contributed by atoms with E-state index in [2.05, 4.69) is 17.1 Å². The Bertz CT molecular complexity index is 907. The minimum Gasteiger partial charge on any atom is -0.465 e. The maximum atomic E-state index is 13.6. The van der Waals surface area contributed by atoms with Gasteiger partial charge in [0.25, 0.3) is 0 Å². The van der Waals surface area contributed by atoms with Gasteiger partial charge in [-0.05, 0) is 50.4 Å². The molecule has 0 bridgehead atoms. The number of nitrogens with zero attached hydrogens (tertiary/aromatic N) is 1. The molecule has 1 fully saturated rings. The molecule has 0 aromatic heterocycles. The molecule has 1 saturated heterocycles. The molecule has 0 aromatic rings. The van der Waals surface area contributed by atoms with Crippen molar-refractivity contribution in [1.82, 2.24) is 0 Å². The SMILES string of the molecule is CC(C)CC(=O)OCC1CCOC(=O)C(C)CCCCCC(OC(=O)CC=NCCC2C=CC=CC2)C(=O)C1C. The lowest BCUT2D eigenvalue weighted by molar-refractivity contribution is -0.158. The van der Waals surface area contributed by atoms with Gasteiger partial charge >= 0.3 is 17.9 Å². The molecule has 0 amide bonds. The highest BCUT2D eigenvalue weighted by Gasteiger charge is 2.33. The molecule has 40 heavy (non-hydrogen) atoms. The van der Waals surface area contributed by atoms with Crippen LogP contribution in [0.15, 0.2) is 29.3 Å². The Morgan fingerprint density at radius 3 is 2.58 bits per heavy atom. The summed E-state index contributed by atoms with van der Waals surface area (Å²) in [5.74, 6) is -1.71. The average molecular weight is 560 g/mol. The molecule has 0 radical (unpaired) electrons. The zero-order valence-electron chi connectivity index (χ0n) is 24.8. The zero-order chi connectivity index (χ0) is 29.3. The molecule has 0 spiro atoms. The first-order valence-corrected chi connectivity index (χ1v) is 15.0. The van der Waals surface area contributed by atoms with Crippen LogP contribution in [0.4, 0.5) is 0 Å². The van der Waals surface area contributed by atoms with Gasteiger partial charge in [-0.3, -0.25) is 24.2 Å². The minimum atomic E-state index is -0.869. The Balaban J connectivity index is 2.01. The van der Waals surface area contributed by atoms with Crippen molar-refractivity contribution in [2.24, 2.45) is 34.6 Å². The van der Waals surface area contributed by atoms with E-state index in [9.17, 15) is 19.2 Å². The number of esters is 3. The standard InChI is InChI=1S/C32H49NO7/c1-23(2)21-30(35)39-22-27-17-20-38-32(37)24(3)11-7-5-10-14-28(31(36)25(27)4)40-29(34)16-19-33-18-15-26-12-8-6-9-13-26/h6,8-9,12,19,23-28H,5,7,10-11,13-18,20-22H2,1-4H3. The van der Waals surface area contributed by atoms with Crippen molar-refractivity contribution in [3.63, 3.8) is 0 Å². The smallest absolute Gasteiger partial charge is 0.311 e. The summed E-state index contributed by atoms with van der Waals surface area (Å²) in [5.41, 5.74) is 0. The average Bonchev–Trinajstić information content (AvgIpc) is 2.92. The summed E-state index contributed by atoms with van der Waals surface area (Å²) in [7, 11) is 0. The van der Waals surface area contributed by atoms with Crippen LogP contribution < -0.4 is 0 Å². The summed E-state index contributed by atoms with van der Waals surface area (Å²) in [4.78, 5) is 55.2. The number of Topliss-reactive ketones (excluding diaryl/α,β-unsaturated/α-hetero) is 1. The number of cyclic esters (lactones) is 1. The highest BCUT2D eigenvalue weighted by molar-refractivity contribution is 5.90. The second-order valence-electron chi connectivity index (χ2n) is 11.6. The second-order valence-corrected chi connectivity index (χ2v) is 11.6. The molecule has 2 aliphatic rings. The number of allylic oxidation sites excluding steroid dienone is 4. The fourth-order valence-electron chi connectivity index (χ4n) is 4.91. The fraction of sp³-hybridized carbons (Fsp3) is 0.719. The zero-order valence-corrected chi connectivity index (χ0v) is 24.8. The first-order chi connectivity index (χ1) is 19.2. The van der Waals surface area contributed by atoms with Crippen molar-refractivity contribution in [1.29, 1.82) is 0 Å². The third-order valence-corrected chi connectivity index (χ3v) is 7.60. The summed E-state index contributed by atoms with van der Waals surface area (Å²) in [6.45, 7) is 8.33. The lowest BCUT2D eigenvalue weighted by Crippen LogP contribution is -2.37. The van der Waals surface area contributed by atoms with Crippen LogP contribution >= 0.6 is 0 Å². The number of ether oxygens (including phenoxy) is 3. The van der Waals surface area contributed by atoms with Crippen molar-refractivity contribution >= 4 is 29.9 Å². The Kier molecular flexibility index (Phi) is 15.5. The Hall–Kier alpha value is -2.77. The van der Waals surface area contributed by atoms with E-state index >= 15 is 0 Å². The maximum absolute atomic E-state index is 13.6. The van der Waals surface area contributed by atoms with Crippen LogP contribution in [0, 0.1) is 29.6 Å². The largest absolute Gasteiger partial charge is 0.465 e. The molecule has 0 aromatic carbocycles. The molecule has 0 N–H and O–H groups in total. The predicted octanol–water partition coefficient (Wildman–Crippen LogP) is 5.83. The molecule has 5 atom stereocenters. The van der Waals surface area contributed by atoms with Crippen molar-refractivity contribution in [2.75, 3.05) is 19.8 Å². The number of carbonyl (C=O) groups is 4. The quantitative estimate of drug-likeness (QED) is 0.188. The second kappa shape index (κ2) is 18.6. The van der Waals surface area contributed by atoms with Gasteiger partial charge in [-0.15, -0.1) is 0 Å². The van der Waals surface area contributed by atoms with Gasteiger partial charge in [-0.1, -0.05) is 64.8 Å². The molecule has 1 aliphatic carbocycles. The van der Waals surface area contributed by atoms with E-state index in [1.807, 2.05) is 32.9 Å². The first kappa shape index (κ1) is 33.4. The first-order valence-electron chi connectivity index (χ1n) is 15.0. The summed E-state index contributed by atoms with van der Waals surface area (Å²) < 4.78 is 16.7. The highest BCUT2D eigenvalue weighted by atomic mass is 16.5.